The maximum absolute atomic E-state index is 12.5. The maximum Gasteiger partial charge on any atom is 0.268 e. The van der Waals surface area contributed by atoms with Gasteiger partial charge in [0.15, 0.2) is 0 Å². The molecule has 0 aliphatic rings. The monoisotopic (exact) mass is 400 g/mol. The number of rotatable bonds is 8. The molecule has 0 saturated carbocycles. The molecule has 0 unspecified atom stereocenters. The lowest BCUT2D eigenvalue weighted by Crippen LogP contribution is -2.35. The van der Waals surface area contributed by atoms with Crippen LogP contribution >= 0.6 is 11.3 Å². The molecule has 0 saturated heterocycles. The largest absolute Gasteiger partial charge is 0.497 e. The molecule has 0 aliphatic heterocycles. The number of thiophene rings is 1. The van der Waals surface area contributed by atoms with Crippen molar-refractivity contribution in [3.63, 3.8) is 0 Å². The van der Waals surface area contributed by atoms with Gasteiger partial charge in [0.25, 0.3) is 5.56 Å². The van der Waals surface area contributed by atoms with Crippen molar-refractivity contribution in [2.45, 2.75) is 19.9 Å². The van der Waals surface area contributed by atoms with Gasteiger partial charge in [0.2, 0.25) is 5.91 Å². The Labute approximate surface area is 167 Å². The van der Waals surface area contributed by atoms with E-state index in [1.165, 1.54) is 11.3 Å². The second kappa shape index (κ2) is 8.99. The molecular weight excluding hydrogens is 376 g/mol. The molecule has 1 aromatic carbocycles. The first kappa shape index (κ1) is 20.0. The smallest absolute Gasteiger partial charge is 0.268 e. The van der Waals surface area contributed by atoms with Gasteiger partial charge in [0, 0.05) is 11.4 Å². The van der Waals surface area contributed by atoms with E-state index in [1.807, 2.05) is 49.2 Å². The van der Waals surface area contributed by atoms with Gasteiger partial charge in [-0.3, -0.25) is 14.5 Å². The van der Waals surface area contributed by atoms with Gasteiger partial charge in [0.05, 0.1) is 25.7 Å². The number of hydrogen-bond donors (Lipinski definition) is 2. The van der Waals surface area contributed by atoms with Crippen LogP contribution in [0.5, 0.6) is 5.75 Å². The standard InChI is InChI=1S/C20H24N4O3S/c1-4-9-21-18(25)12-24(2)11-17-22-15-10-16(28-19(15)20(26)23-17)13-5-7-14(27-3)8-6-13/h5-8,10H,4,9,11-12H2,1-3H3,(H,21,25)(H,22,23,26). The van der Waals surface area contributed by atoms with Gasteiger partial charge in [0.1, 0.15) is 16.3 Å². The third-order valence-electron chi connectivity index (χ3n) is 4.21. The number of aromatic amines is 1. The fourth-order valence-corrected chi connectivity index (χ4v) is 3.84. The van der Waals surface area contributed by atoms with Crippen LogP contribution in [0.1, 0.15) is 19.2 Å². The minimum atomic E-state index is -0.159. The lowest BCUT2D eigenvalue weighted by Gasteiger charge is -2.15. The summed E-state index contributed by atoms with van der Waals surface area (Å²) in [4.78, 5) is 34.5. The summed E-state index contributed by atoms with van der Waals surface area (Å²) in [6.45, 7) is 3.31. The summed E-state index contributed by atoms with van der Waals surface area (Å²) in [5.41, 5.74) is 1.52. The Balaban J connectivity index is 1.78. The molecule has 0 aliphatic carbocycles. The molecule has 2 N–H and O–H groups in total. The average molecular weight is 401 g/mol. The van der Waals surface area contributed by atoms with Crippen molar-refractivity contribution in [3.05, 3.63) is 46.5 Å². The Bertz CT molecular complexity index is 1010. The molecule has 2 aromatic heterocycles. The van der Waals surface area contributed by atoms with E-state index in [4.69, 9.17) is 4.74 Å². The first-order valence-corrected chi connectivity index (χ1v) is 9.94. The number of ether oxygens (including phenoxy) is 1. The molecule has 2 heterocycles. The Morgan fingerprint density at radius 3 is 2.75 bits per heavy atom. The Morgan fingerprint density at radius 2 is 2.07 bits per heavy atom. The van der Waals surface area contributed by atoms with E-state index in [0.29, 0.717) is 29.1 Å². The van der Waals surface area contributed by atoms with Crippen molar-refractivity contribution >= 4 is 27.5 Å². The molecule has 3 aromatic rings. The summed E-state index contributed by atoms with van der Waals surface area (Å²) >= 11 is 1.41. The van der Waals surface area contributed by atoms with Crippen LogP contribution in [0, 0.1) is 0 Å². The van der Waals surface area contributed by atoms with Crippen molar-refractivity contribution in [2.24, 2.45) is 0 Å². The number of carbonyl (C=O) groups excluding carboxylic acids is 1. The van der Waals surface area contributed by atoms with Crippen LogP contribution in [-0.2, 0) is 11.3 Å². The van der Waals surface area contributed by atoms with E-state index in [0.717, 1.165) is 22.6 Å². The highest BCUT2D eigenvalue weighted by atomic mass is 32.1. The van der Waals surface area contributed by atoms with Crippen molar-refractivity contribution in [3.8, 4) is 16.2 Å². The van der Waals surface area contributed by atoms with Crippen LogP contribution in [0.3, 0.4) is 0 Å². The molecule has 0 bridgehead atoms. The van der Waals surface area contributed by atoms with Gasteiger partial charge in [-0.05, 0) is 49.4 Å². The van der Waals surface area contributed by atoms with E-state index < -0.39 is 0 Å². The zero-order valence-electron chi connectivity index (χ0n) is 16.2. The molecule has 1 amide bonds. The molecular formula is C20H24N4O3S. The molecule has 3 rings (SSSR count). The average Bonchev–Trinajstić information content (AvgIpc) is 3.11. The van der Waals surface area contributed by atoms with E-state index >= 15 is 0 Å². The summed E-state index contributed by atoms with van der Waals surface area (Å²) in [6.07, 6.45) is 0.898. The third kappa shape index (κ3) is 4.76. The van der Waals surface area contributed by atoms with Gasteiger partial charge in [-0.2, -0.15) is 0 Å². The van der Waals surface area contributed by atoms with Crippen LogP contribution in [0.2, 0.25) is 0 Å². The fraction of sp³-hybridized carbons (Fsp3) is 0.350. The first-order chi connectivity index (χ1) is 13.5. The molecule has 0 radical (unpaired) electrons. The fourth-order valence-electron chi connectivity index (χ4n) is 2.84. The molecule has 7 nitrogen and oxygen atoms in total. The van der Waals surface area contributed by atoms with Crippen LogP contribution in [0.4, 0.5) is 0 Å². The maximum atomic E-state index is 12.5. The molecule has 0 spiro atoms. The number of fused-ring (bicyclic) bond motifs is 1. The number of benzene rings is 1. The number of hydrogen-bond acceptors (Lipinski definition) is 6. The quantitative estimate of drug-likeness (QED) is 0.607. The number of nitrogens with one attached hydrogen (secondary N) is 2. The van der Waals surface area contributed by atoms with E-state index in [2.05, 4.69) is 15.3 Å². The van der Waals surface area contributed by atoms with Crippen LogP contribution in [0.15, 0.2) is 35.1 Å². The van der Waals surface area contributed by atoms with Gasteiger partial charge >= 0.3 is 0 Å². The number of aromatic nitrogens is 2. The summed E-state index contributed by atoms with van der Waals surface area (Å²) in [5.74, 6) is 1.29. The van der Waals surface area contributed by atoms with E-state index in [1.54, 1.807) is 7.11 Å². The van der Waals surface area contributed by atoms with Gasteiger partial charge in [-0.25, -0.2) is 4.98 Å². The van der Waals surface area contributed by atoms with Gasteiger partial charge in [-0.1, -0.05) is 6.92 Å². The number of carbonyl (C=O) groups is 1. The third-order valence-corrected chi connectivity index (χ3v) is 5.38. The second-order valence-electron chi connectivity index (χ2n) is 6.59. The molecule has 148 valence electrons. The Morgan fingerprint density at radius 1 is 1.32 bits per heavy atom. The summed E-state index contributed by atoms with van der Waals surface area (Å²) in [6, 6.07) is 9.62. The number of methoxy groups -OCH3 is 1. The topological polar surface area (TPSA) is 87.3 Å². The number of likely N-dealkylation sites (N-methyl/N-ethyl adjacent to an activating group) is 1. The highest BCUT2D eigenvalue weighted by molar-refractivity contribution is 7.22. The molecule has 28 heavy (non-hydrogen) atoms. The van der Waals surface area contributed by atoms with E-state index in [-0.39, 0.29) is 18.0 Å². The number of nitrogens with zero attached hydrogens (tertiary/aromatic N) is 2. The zero-order valence-corrected chi connectivity index (χ0v) is 17.1. The van der Waals surface area contributed by atoms with Gasteiger partial charge < -0.3 is 15.0 Å². The number of H-pyrrole nitrogens is 1. The van der Waals surface area contributed by atoms with Crippen molar-refractivity contribution in [2.75, 3.05) is 27.2 Å². The van der Waals surface area contributed by atoms with Crippen LogP contribution in [-0.4, -0.2) is 48.0 Å². The number of amides is 1. The molecule has 0 atom stereocenters. The summed E-state index contributed by atoms with van der Waals surface area (Å²) in [5, 5.41) is 2.84. The van der Waals surface area contributed by atoms with E-state index in [9.17, 15) is 9.59 Å². The first-order valence-electron chi connectivity index (χ1n) is 9.12. The Kier molecular flexibility index (Phi) is 6.43. The highest BCUT2D eigenvalue weighted by Gasteiger charge is 2.13. The highest BCUT2D eigenvalue weighted by Crippen LogP contribution is 2.31. The lowest BCUT2D eigenvalue weighted by atomic mass is 10.2. The predicted octanol–water partition coefficient (Wildman–Crippen LogP) is 2.62. The summed E-state index contributed by atoms with van der Waals surface area (Å²) in [7, 11) is 3.45. The van der Waals surface area contributed by atoms with Crippen molar-refractivity contribution in [1.82, 2.24) is 20.2 Å². The minimum Gasteiger partial charge on any atom is -0.497 e. The zero-order chi connectivity index (χ0) is 20.1. The predicted molar refractivity (Wildman–Crippen MR) is 112 cm³/mol. The second-order valence-corrected chi connectivity index (χ2v) is 7.64. The van der Waals surface area contributed by atoms with Gasteiger partial charge in [-0.15, -0.1) is 11.3 Å². The van der Waals surface area contributed by atoms with Crippen LogP contribution < -0.4 is 15.6 Å². The van der Waals surface area contributed by atoms with Crippen molar-refractivity contribution < 1.29 is 9.53 Å². The van der Waals surface area contributed by atoms with Crippen LogP contribution in [0.25, 0.3) is 20.7 Å². The normalized spacial score (nSPS) is 11.1. The molecule has 8 heteroatoms. The van der Waals surface area contributed by atoms with Crippen molar-refractivity contribution in [1.29, 1.82) is 0 Å². The minimum absolute atomic E-state index is 0.0369. The molecule has 0 fully saturated rings. The Hall–Kier alpha value is -2.71. The lowest BCUT2D eigenvalue weighted by molar-refractivity contribution is -0.122. The summed E-state index contributed by atoms with van der Waals surface area (Å²) < 4.78 is 5.78. The SMILES string of the molecule is CCCNC(=O)CN(C)Cc1nc2cc(-c3ccc(OC)cc3)sc2c(=O)[nH]1.